The van der Waals surface area contributed by atoms with Crippen molar-refractivity contribution in [3.05, 3.63) is 70.7 Å². The number of halogens is 1. The first-order valence-electron chi connectivity index (χ1n) is 7.09. The summed E-state index contributed by atoms with van der Waals surface area (Å²) in [5, 5.41) is 2.54. The number of phosphoric ester groups is 1. The normalized spacial score (nSPS) is 16.0. The molecule has 0 saturated carbocycles. The Morgan fingerprint density at radius 2 is 1.92 bits per heavy atom. The maximum Gasteiger partial charge on any atom is 0.584 e. The van der Waals surface area contributed by atoms with Gasteiger partial charge in [-0.2, -0.15) is 0 Å². The van der Waals surface area contributed by atoms with Gasteiger partial charge in [0.2, 0.25) is 0 Å². The molecule has 1 aliphatic heterocycles. The molecular weight excluding hydrogens is 369 g/mol. The van der Waals surface area contributed by atoms with E-state index in [0.717, 1.165) is 11.4 Å². The molecular formula is C16H15ClNO4PS. The van der Waals surface area contributed by atoms with Crippen LogP contribution in [0.15, 0.2) is 60.1 Å². The number of nitrogens with zero attached hydrogens (tertiary/aromatic N) is 1. The van der Waals surface area contributed by atoms with Crippen molar-refractivity contribution in [1.29, 1.82) is 0 Å². The molecule has 0 aromatic heterocycles. The highest BCUT2D eigenvalue weighted by Gasteiger charge is 2.25. The quantitative estimate of drug-likeness (QED) is 0.718. The number of hydrogen-bond donors (Lipinski definition) is 1. The van der Waals surface area contributed by atoms with Gasteiger partial charge in [0.05, 0.1) is 5.88 Å². The molecule has 126 valence electrons. The summed E-state index contributed by atoms with van der Waals surface area (Å²) in [5.74, 6) is 1.38. The first kappa shape index (κ1) is 17.2. The van der Waals surface area contributed by atoms with E-state index in [4.69, 9.17) is 20.6 Å². The lowest BCUT2D eigenvalue weighted by Crippen LogP contribution is -2.12. The van der Waals surface area contributed by atoms with Crippen LogP contribution in [0.2, 0.25) is 5.02 Å². The van der Waals surface area contributed by atoms with E-state index in [-0.39, 0.29) is 11.5 Å². The zero-order valence-corrected chi connectivity index (χ0v) is 15.0. The van der Waals surface area contributed by atoms with E-state index in [1.54, 1.807) is 42.1 Å². The standard InChI is InChI=1S/C16H15ClNO4PS/c17-14-4-6-15(7-5-14)21-23(19,20)22-16-3-1-2-13(10-16)11-18-8-9-24-12-18/h1-10H,11-12H2,(H,19,20). The van der Waals surface area contributed by atoms with Crippen molar-refractivity contribution in [3.8, 4) is 11.5 Å². The smallest absolute Gasteiger partial charge is 0.395 e. The predicted octanol–water partition coefficient (Wildman–Crippen LogP) is 4.88. The minimum atomic E-state index is -4.28. The van der Waals surface area contributed by atoms with Gasteiger partial charge in [-0.1, -0.05) is 23.7 Å². The molecule has 3 rings (SSSR count). The average molecular weight is 384 g/mol. The monoisotopic (exact) mass is 383 g/mol. The molecule has 5 nitrogen and oxygen atoms in total. The van der Waals surface area contributed by atoms with E-state index in [1.807, 2.05) is 17.7 Å². The molecule has 0 amide bonds. The zero-order valence-electron chi connectivity index (χ0n) is 12.5. The van der Waals surface area contributed by atoms with Crippen molar-refractivity contribution < 1.29 is 18.5 Å². The Labute approximate surface area is 149 Å². The second kappa shape index (κ2) is 7.53. The molecule has 0 spiro atoms. The van der Waals surface area contributed by atoms with Gasteiger partial charge in [-0.3, -0.25) is 4.89 Å². The van der Waals surface area contributed by atoms with Gasteiger partial charge in [0.15, 0.2) is 0 Å². The van der Waals surface area contributed by atoms with Crippen molar-refractivity contribution in [3.63, 3.8) is 0 Å². The van der Waals surface area contributed by atoms with Crippen LogP contribution >= 0.6 is 31.2 Å². The Balaban J connectivity index is 1.66. The van der Waals surface area contributed by atoms with Gasteiger partial charge in [0, 0.05) is 17.8 Å². The minimum Gasteiger partial charge on any atom is -0.395 e. The van der Waals surface area contributed by atoms with Gasteiger partial charge in [-0.15, -0.1) is 11.8 Å². The van der Waals surface area contributed by atoms with Crippen LogP contribution in [-0.4, -0.2) is 15.7 Å². The fourth-order valence-corrected chi connectivity index (χ4v) is 3.77. The summed E-state index contributed by atoms with van der Waals surface area (Å²) in [7, 11) is -4.28. The largest absolute Gasteiger partial charge is 0.584 e. The molecule has 1 heterocycles. The van der Waals surface area contributed by atoms with E-state index in [9.17, 15) is 9.46 Å². The second-order valence-corrected chi connectivity index (χ2v) is 7.68. The Hall–Kier alpha value is -1.59. The van der Waals surface area contributed by atoms with Gasteiger partial charge in [-0.25, -0.2) is 4.57 Å². The fraction of sp³-hybridized carbons (Fsp3) is 0.125. The van der Waals surface area contributed by atoms with Crippen molar-refractivity contribution in [2.24, 2.45) is 0 Å². The lowest BCUT2D eigenvalue weighted by molar-refractivity contribution is 0.290. The van der Waals surface area contributed by atoms with Gasteiger partial charge in [-0.05, 0) is 47.4 Å². The summed E-state index contributed by atoms with van der Waals surface area (Å²) in [5.41, 5.74) is 0.978. The maximum atomic E-state index is 12.1. The highest BCUT2D eigenvalue weighted by atomic mass is 35.5. The zero-order chi connectivity index (χ0) is 17.0. The number of hydrogen-bond acceptors (Lipinski definition) is 5. The van der Waals surface area contributed by atoms with Crippen molar-refractivity contribution >= 4 is 31.2 Å². The Morgan fingerprint density at radius 3 is 2.62 bits per heavy atom. The number of benzene rings is 2. The summed E-state index contributed by atoms with van der Waals surface area (Å²) < 4.78 is 22.3. The van der Waals surface area contributed by atoms with E-state index >= 15 is 0 Å². The molecule has 2 aromatic rings. The third kappa shape index (κ3) is 4.95. The maximum absolute atomic E-state index is 12.1. The Kier molecular flexibility index (Phi) is 5.41. The fourth-order valence-electron chi connectivity index (χ4n) is 2.12. The first-order chi connectivity index (χ1) is 11.5. The highest BCUT2D eigenvalue weighted by Crippen LogP contribution is 2.44. The van der Waals surface area contributed by atoms with Crippen LogP contribution in [0.4, 0.5) is 0 Å². The minimum absolute atomic E-state index is 0.209. The lowest BCUT2D eigenvalue weighted by atomic mass is 10.2. The van der Waals surface area contributed by atoms with Crippen LogP contribution in [0.3, 0.4) is 0 Å². The molecule has 0 aliphatic carbocycles. The van der Waals surface area contributed by atoms with Crippen molar-refractivity contribution in [2.45, 2.75) is 6.54 Å². The molecule has 0 bridgehead atoms. The SMILES string of the molecule is O=P(O)(Oc1ccc(Cl)cc1)Oc1cccc(CN2C=CSC2)c1. The van der Waals surface area contributed by atoms with Crippen LogP contribution in [-0.2, 0) is 11.1 Å². The molecule has 0 fully saturated rings. The molecule has 2 aromatic carbocycles. The molecule has 1 unspecified atom stereocenters. The van der Waals surface area contributed by atoms with Crippen molar-refractivity contribution in [2.75, 3.05) is 5.88 Å². The van der Waals surface area contributed by atoms with Crippen LogP contribution in [0.1, 0.15) is 5.56 Å². The summed E-state index contributed by atoms with van der Waals surface area (Å²) in [4.78, 5) is 12.1. The van der Waals surface area contributed by atoms with E-state index in [1.165, 1.54) is 12.1 Å². The predicted molar refractivity (Wildman–Crippen MR) is 96.1 cm³/mol. The number of thioether (sulfide) groups is 1. The van der Waals surface area contributed by atoms with Crippen LogP contribution in [0.25, 0.3) is 0 Å². The average Bonchev–Trinajstić information content (AvgIpc) is 3.02. The first-order valence-corrected chi connectivity index (χ1v) is 10.0. The summed E-state index contributed by atoms with van der Waals surface area (Å²) in [6.07, 6.45) is 2.01. The van der Waals surface area contributed by atoms with Crippen molar-refractivity contribution in [1.82, 2.24) is 4.90 Å². The van der Waals surface area contributed by atoms with Crippen LogP contribution < -0.4 is 9.05 Å². The Morgan fingerprint density at radius 1 is 1.17 bits per heavy atom. The molecule has 1 aliphatic rings. The van der Waals surface area contributed by atoms with E-state index < -0.39 is 7.82 Å². The number of rotatable bonds is 6. The van der Waals surface area contributed by atoms with E-state index in [0.29, 0.717) is 11.6 Å². The Bertz CT molecular complexity index is 784. The lowest BCUT2D eigenvalue weighted by Gasteiger charge is -2.17. The third-order valence-electron chi connectivity index (χ3n) is 3.15. The number of phosphoric acid groups is 1. The summed E-state index contributed by atoms with van der Waals surface area (Å²) in [6.45, 7) is 0.703. The van der Waals surface area contributed by atoms with Crippen LogP contribution in [0, 0.1) is 0 Å². The molecule has 1 atom stereocenters. The van der Waals surface area contributed by atoms with Gasteiger partial charge < -0.3 is 13.9 Å². The molecule has 0 saturated heterocycles. The molecule has 0 radical (unpaired) electrons. The molecule has 24 heavy (non-hydrogen) atoms. The molecule has 8 heteroatoms. The third-order valence-corrected chi connectivity index (χ3v) is 5.08. The van der Waals surface area contributed by atoms with Gasteiger partial charge >= 0.3 is 7.82 Å². The summed E-state index contributed by atoms with van der Waals surface area (Å²) >= 11 is 7.49. The van der Waals surface area contributed by atoms with Crippen LogP contribution in [0.5, 0.6) is 11.5 Å². The summed E-state index contributed by atoms with van der Waals surface area (Å²) in [6, 6.07) is 13.2. The topological polar surface area (TPSA) is 59.0 Å². The van der Waals surface area contributed by atoms with E-state index in [2.05, 4.69) is 4.90 Å². The van der Waals surface area contributed by atoms with Gasteiger partial charge in [0.25, 0.3) is 0 Å². The molecule has 1 N–H and O–H groups in total. The van der Waals surface area contributed by atoms with Gasteiger partial charge in [0.1, 0.15) is 11.5 Å². The highest BCUT2D eigenvalue weighted by molar-refractivity contribution is 8.02. The second-order valence-electron chi connectivity index (χ2n) is 5.08.